The quantitative estimate of drug-likeness (QED) is 0.772. The number of benzene rings is 2. The fourth-order valence-electron chi connectivity index (χ4n) is 1.83. The predicted octanol–water partition coefficient (Wildman–Crippen LogP) is 4.98. The lowest BCUT2D eigenvalue weighted by Gasteiger charge is -2.13. The molecule has 0 saturated heterocycles. The van der Waals surface area contributed by atoms with Crippen LogP contribution < -0.4 is 0 Å². The largest absolute Gasteiger partial charge is 0.507 e. The average molecular weight is 267 g/mol. The second kappa shape index (κ2) is 4.59. The van der Waals surface area contributed by atoms with Crippen LogP contribution in [0.2, 0.25) is 10.0 Å². The van der Waals surface area contributed by atoms with Gasteiger partial charge in [0.2, 0.25) is 0 Å². The number of halogens is 2. The van der Waals surface area contributed by atoms with E-state index in [1.807, 2.05) is 32.0 Å². The fraction of sp³-hybridized carbons (Fsp3) is 0.143. The fourth-order valence-corrected chi connectivity index (χ4v) is 2.28. The molecule has 0 radical (unpaired) electrons. The van der Waals surface area contributed by atoms with E-state index in [4.69, 9.17) is 23.2 Å². The van der Waals surface area contributed by atoms with E-state index in [1.54, 1.807) is 12.1 Å². The summed E-state index contributed by atoms with van der Waals surface area (Å²) in [6.45, 7) is 3.81. The maximum Gasteiger partial charge on any atom is 0.123 e. The zero-order valence-electron chi connectivity index (χ0n) is 9.59. The topological polar surface area (TPSA) is 20.2 Å². The van der Waals surface area contributed by atoms with Gasteiger partial charge in [-0.1, -0.05) is 41.4 Å². The van der Waals surface area contributed by atoms with Crippen LogP contribution in [0.1, 0.15) is 11.1 Å². The molecule has 0 heterocycles. The van der Waals surface area contributed by atoms with E-state index in [9.17, 15) is 5.11 Å². The molecule has 0 saturated carbocycles. The molecule has 0 amide bonds. The van der Waals surface area contributed by atoms with Gasteiger partial charge in [-0.15, -0.1) is 0 Å². The van der Waals surface area contributed by atoms with Crippen LogP contribution in [0.15, 0.2) is 30.3 Å². The second-order valence-corrected chi connectivity index (χ2v) is 4.77. The number of phenols is 1. The number of aromatic hydroxyl groups is 1. The average Bonchev–Trinajstić information content (AvgIpc) is 2.32. The molecular formula is C14H12Cl2O. The molecule has 17 heavy (non-hydrogen) atoms. The SMILES string of the molecule is Cc1c(Cl)cc(-c2ccccc2O)c(C)c1Cl. The summed E-state index contributed by atoms with van der Waals surface area (Å²) in [5, 5.41) is 11.1. The monoisotopic (exact) mass is 266 g/mol. The molecule has 2 aromatic carbocycles. The first-order chi connectivity index (χ1) is 8.02. The molecule has 0 bridgehead atoms. The summed E-state index contributed by atoms with van der Waals surface area (Å²) in [4.78, 5) is 0. The molecule has 0 fully saturated rings. The van der Waals surface area contributed by atoms with Crippen LogP contribution >= 0.6 is 23.2 Å². The third-order valence-corrected chi connectivity index (χ3v) is 3.85. The first kappa shape index (κ1) is 12.3. The molecule has 0 spiro atoms. The van der Waals surface area contributed by atoms with Crippen molar-refractivity contribution in [2.75, 3.05) is 0 Å². The molecule has 2 rings (SSSR count). The highest BCUT2D eigenvalue weighted by Crippen LogP contribution is 2.38. The van der Waals surface area contributed by atoms with E-state index in [1.165, 1.54) is 0 Å². The molecule has 1 nitrogen and oxygen atoms in total. The minimum absolute atomic E-state index is 0.228. The van der Waals surface area contributed by atoms with Gasteiger partial charge < -0.3 is 5.11 Å². The lowest BCUT2D eigenvalue weighted by molar-refractivity contribution is 0.477. The van der Waals surface area contributed by atoms with Gasteiger partial charge in [0.15, 0.2) is 0 Å². The number of rotatable bonds is 1. The summed E-state index contributed by atoms with van der Waals surface area (Å²) in [6.07, 6.45) is 0. The van der Waals surface area contributed by atoms with Crippen molar-refractivity contribution in [3.8, 4) is 16.9 Å². The summed E-state index contributed by atoms with van der Waals surface area (Å²) < 4.78 is 0. The van der Waals surface area contributed by atoms with Crippen molar-refractivity contribution in [2.24, 2.45) is 0 Å². The van der Waals surface area contributed by atoms with E-state index in [2.05, 4.69) is 0 Å². The van der Waals surface area contributed by atoms with Gasteiger partial charge in [0, 0.05) is 15.6 Å². The van der Waals surface area contributed by atoms with Crippen LogP contribution in [-0.2, 0) is 0 Å². The van der Waals surface area contributed by atoms with Gasteiger partial charge >= 0.3 is 0 Å². The van der Waals surface area contributed by atoms with Crippen LogP contribution in [-0.4, -0.2) is 5.11 Å². The van der Waals surface area contributed by atoms with E-state index in [0.717, 1.165) is 22.3 Å². The summed E-state index contributed by atoms with van der Waals surface area (Å²) in [7, 11) is 0. The highest BCUT2D eigenvalue weighted by molar-refractivity contribution is 6.37. The Morgan fingerprint density at radius 3 is 2.24 bits per heavy atom. The highest BCUT2D eigenvalue weighted by Gasteiger charge is 2.13. The Balaban J connectivity index is 2.73. The van der Waals surface area contributed by atoms with Gasteiger partial charge in [0.25, 0.3) is 0 Å². The third-order valence-electron chi connectivity index (χ3n) is 2.89. The van der Waals surface area contributed by atoms with E-state index < -0.39 is 0 Å². The van der Waals surface area contributed by atoms with E-state index in [0.29, 0.717) is 10.0 Å². The maximum absolute atomic E-state index is 9.85. The van der Waals surface area contributed by atoms with Gasteiger partial charge in [-0.3, -0.25) is 0 Å². The zero-order valence-corrected chi connectivity index (χ0v) is 11.1. The number of hydrogen-bond donors (Lipinski definition) is 1. The van der Waals surface area contributed by atoms with Crippen molar-refractivity contribution in [3.05, 3.63) is 51.5 Å². The van der Waals surface area contributed by atoms with Crippen LogP contribution in [0, 0.1) is 13.8 Å². The van der Waals surface area contributed by atoms with Gasteiger partial charge in [-0.05, 0) is 42.7 Å². The van der Waals surface area contributed by atoms with Crippen molar-refractivity contribution in [3.63, 3.8) is 0 Å². The molecule has 3 heteroatoms. The Kier molecular flexibility index (Phi) is 3.32. The molecule has 0 unspecified atom stereocenters. The van der Waals surface area contributed by atoms with E-state index in [-0.39, 0.29) is 5.75 Å². The minimum Gasteiger partial charge on any atom is -0.507 e. The summed E-state index contributed by atoms with van der Waals surface area (Å²) in [5.74, 6) is 0.228. The summed E-state index contributed by atoms with van der Waals surface area (Å²) >= 11 is 12.4. The van der Waals surface area contributed by atoms with Crippen LogP contribution in [0.25, 0.3) is 11.1 Å². The Morgan fingerprint density at radius 1 is 0.941 bits per heavy atom. The first-order valence-corrected chi connectivity index (χ1v) is 6.01. The van der Waals surface area contributed by atoms with Gasteiger partial charge in [-0.2, -0.15) is 0 Å². The normalized spacial score (nSPS) is 10.6. The Hall–Kier alpha value is -1.18. The molecule has 2 aromatic rings. The molecular weight excluding hydrogens is 255 g/mol. The summed E-state index contributed by atoms with van der Waals surface area (Å²) in [6, 6.07) is 8.99. The van der Waals surface area contributed by atoms with Gasteiger partial charge in [0.05, 0.1) is 0 Å². The smallest absolute Gasteiger partial charge is 0.123 e. The lowest BCUT2D eigenvalue weighted by atomic mass is 9.98. The predicted molar refractivity (Wildman–Crippen MR) is 73.0 cm³/mol. The van der Waals surface area contributed by atoms with Crippen molar-refractivity contribution in [1.29, 1.82) is 0 Å². The molecule has 88 valence electrons. The van der Waals surface area contributed by atoms with Crippen LogP contribution in [0.5, 0.6) is 5.75 Å². The highest BCUT2D eigenvalue weighted by atomic mass is 35.5. The van der Waals surface area contributed by atoms with Crippen LogP contribution in [0.4, 0.5) is 0 Å². The standard InChI is InChI=1S/C14H12Cl2O/c1-8-11(7-12(15)9(2)14(8)16)10-5-3-4-6-13(10)17/h3-7,17H,1-2H3. The second-order valence-electron chi connectivity index (χ2n) is 3.99. The van der Waals surface area contributed by atoms with Gasteiger partial charge in [0.1, 0.15) is 5.75 Å². The number of phenolic OH excluding ortho intramolecular Hbond substituents is 1. The molecule has 0 aliphatic carbocycles. The molecule has 1 N–H and O–H groups in total. The Morgan fingerprint density at radius 2 is 1.59 bits per heavy atom. The zero-order chi connectivity index (χ0) is 12.6. The Labute approximate surface area is 111 Å². The lowest BCUT2D eigenvalue weighted by Crippen LogP contribution is -1.89. The maximum atomic E-state index is 9.85. The van der Waals surface area contributed by atoms with Crippen LogP contribution in [0.3, 0.4) is 0 Å². The van der Waals surface area contributed by atoms with Crippen molar-refractivity contribution in [2.45, 2.75) is 13.8 Å². The Bertz CT molecular complexity index is 577. The number of para-hydroxylation sites is 1. The van der Waals surface area contributed by atoms with E-state index >= 15 is 0 Å². The number of hydrogen-bond acceptors (Lipinski definition) is 1. The van der Waals surface area contributed by atoms with Crippen molar-refractivity contribution < 1.29 is 5.11 Å². The molecule has 0 aromatic heterocycles. The van der Waals surface area contributed by atoms with Crippen molar-refractivity contribution >= 4 is 23.2 Å². The first-order valence-electron chi connectivity index (χ1n) is 5.26. The summed E-state index contributed by atoms with van der Waals surface area (Å²) in [5.41, 5.74) is 3.40. The molecule has 0 atom stereocenters. The minimum atomic E-state index is 0.228. The molecule has 0 aliphatic rings. The molecule has 0 aliphatic heterocycles. The van der Waals surface area contributed by atoms with Gasteiger partial charge in [-0.25, -0.2) is 0 Å². The van der Waals surface area contributed by atoms with Crippen molar-refractivity contribution in [1.82, 2.24) is 0 Å². The third kappa shape index (κ3) is 2.13.